The minimum atomic E-state index is -2.61. The van der Waals surface area contributed by atoms with Crippen molar-refractivity contribution in [2.75, 3.05) is 11.1 Å². The third-order valence-electron chi connectivity index (χ3n) is 8.50. The second-order valence-corrected chi connectivity index (χ2v) is 12.4. The first-order chi connectivity index (χ1) is 28.4. The molecule has 15 nitrogen and oxygen atoms in total. The molecule has 60 heavy (non-hydrogen) atoms. The van der Waals surface area contributed by atoms with Gasteiger partial charge in [-0.3, -0.25) is 23.7 Å². The molecule has 8 rings (SSSR count). The topological polar surface area (TPSA) is 220 Å². The summed E-state index contributed by atoms with van der Waals surface area (Å²) in [6, 6.07) is 31.3. The largest absolute Gasteiger partial charge is 0.477 e. The van der Waals surface area contributed by atoms with Crippen LogP contribution in [0.2, 0.25) is 0 Å². The van der Waals surface area contributed by atoms with E-state index in [9.17, 15) is 36.7 Å². The zero-order chi connectivity index (χ0) is 42.1. The zero-order valence-electron chi connectivity index (χ0n) is 30.5. The van der Waals surface area contributed by atoms with Gasteiger partial charge in [-0.15, -0.1) is 0 Å². The van der Waals surface area contributed by atoms with Gasteiger partial charge >= 0.3 is 5.97 Å². The molecule has 0 saturated carbocycles. The van der Waals surface area contributed by atoms with E-state index in [1.54, 1.807) is 42.5 Å². The summed E-state index contributed by atoms with van der Waals surface area (Å²) in [4.78, 5) is 46.3. The van der Waals surface area contributed by atoms with Gasteiger partial charge < -0.3 is 16.2 Å². The number of alkyl halides is 4. The van der Waals surface area contributed by atoms with Gasteiger partial charge in [0.15, 0.2) is 0 Å². The van der Waals surface area contributed by atoms with Crippen molar-refractivity contribution in [1.29, 1.82) is 0 Å². The summed E-state index contributed by atoms with van der Waals surface area (Å²) in [7, 11) is 0. The van der Waals surface area contributed by atoms with Crippen LogP contribution in [0.1, 0.15) is 28.4 Å². The summed E-state index contributed by atoms with van der Waals surface area (Å²) in [6.07, 6.45) is -2.73. The lowest BCUT2D eigenvalue weighted by molar-refractivity contribution is 0.0670. The van der Waals surface area contributed by atoms with E-state index in [0.29, 0.717) is 33.2 Å². The molecule has 0 atom stereocenters. The van der Waals surface area contributed by atoms with Gasteiger partial charge in [-0.2, -0.15) is 20.4 Å². The maximum Gasteiger partial charge on any atom is 0.354 e. The van der Waals surface area contributed by atoms with Crippen molar-refractivity contribution in [3.63, 3.8) is 0 Å². The number of benzene rings is 4. The highest BCUT2D eigenvalue weighted by Crippen LogP contribution is 2.26. The van der Waals surface area contributed by atoms with Gasteiger partial charge in [-0.05, 0) is 48.5 Å². The fourth-order valence-electron chi connectivity index (χ4n) is 5.81. The second kappa shape index (κ2) is 19.5. The number of aromatic carboxylic acids is 1. The average Bonchev–Trinajstić information content (AvgIpc) is 3.89. The van der Waals surface area contributed by atoms with Crippen LogP contribution in [0, 0.1) is 0 Å². The normalized spacial score (nSPS) is 10.7. The quantitative estimate of drug-likeness (QED) is 0.0744. The molecule has 0 saturated heterocycles. The van der Waals surface area contributed by atoms with Crippen LogP contribution in [-0.4, -0.2) is 69.8 Å². The van der Waals surface area contributed by atoms with Gasteiger partial charge in [-0.1, -0.05) is 68.1 Å². The lowest BCUT2D eigenvalue weighted by atomic mass is 10.0. The molecule has 8 aromatic rings. The third-order valence-corrected chi connectivity index (χ3v) is 8.50. The lowest BCUT2D eigenvalue weighted by Gasteiger charge is -2.09. The number of rotatable bonds is 9. The van der Waals surface area contributed by atoms with Crippen LogP contribution in [0.25, 0.3) is 44.1 Å². The van der Waals surface area contributed by atoms with E-state index in [-0.39, 0.29) is 29.9 Å². The number of aromatic amines is 2. The zero-order valence-corrected chi connectivity index (χ0v) is 30.5. The molecule has 4 aromatic carbocycles. The molecule has 1 amide bonds. The number of carboxylic acids is 1. The number of carboxylic acid groups (broad SMARTS) is 1. The molecule has 19 heteroatoms. The van der Waals surface area contributed by atoms with E-state index < -0.39 is 37.8 Å². The van der Waals surface area contributed by atoms with Gasteiger partial charge in [0, 0.05) is 45.7 Å². The predicted molar refractivity (Wildman–Crippen MR) is 218 cm³/mol. The number of nitrogens with two attached hydrogens (primary N) is 1. The van der Waals surface area contributed by atoms with Crippen molar-refractivity contribution < 1.29 is 32.3 Å². The van der Waals surface area contributed by atoms with Crippen LogP contribution in [0.15, 0.2) is 131 Å². The number of nitrogen functional groups attached to an aromatic ring is 1. The number of nitrogens with one attached hydrogen (secondary N) is 3. The number of hydrogen-bond donors (Lipinski definition) is 5. The van der Waals surface area contributed by atoms with Crippen molar-refractivity contribution >= 4 is 44.8 Å². The van der Waals surface area contributed by atoms with Crippen LogP contribution in [0.4, 0.5) is 28.9 Å². The summed E-state index contributed by atoms with van der Waals surface area (Å²) in [6.45, 7) is -1.34. The number of halogens is 4. The Balaban J connectivity index is 0.000000188. The molecule has 0 radical (unpaired) electrons. The summed E-state index contributed by atoms with van der Waals surface area (Å²) in [5.41, 5.74) is 9.26. The Labute approximate surface area is 337 Å². The van der Waals surface area contributed by atoms with Crippen LogP contribution < -0.4 is 22.2 Å². The van der Waals surface area contributed by atoms with Crippen molar-refractivity contribution in [2.45, 2.75) is 33.4 Å². The van der Waals surface area contributed by atoms with Gasteiger partial charge in [0.1, 0.15) is 24.5 Å². The second-order valence-electron chi connectivity index (χ2n) is 12.4. The molecule has 308 valence electrons. The molecule has 0 unspecified atom stereocenters. The molecule has 6 N–H and O–H groups in total. The van der Waals surface area contributed by atoms with Gasteiger partial charge in [-0.25, -0.2) is 32.6 Å². The van der Waals surface area contributed by atoms with E-state index in [1.807, 2.05) is 54.6 Å². The van der Waals surface area contributed by atoms with E-state index >= 15 is 0 Å². The van der Waals surface area contributed by atoms with Crippen LogP contribution in [0.5, 0.6) is 0 Å². The Morgan fingerprint density at radius 1 is 0.633 bits per heavy atom. The third kappa shape index (κ3) is 10.3. The Morgan fingerprint density at radius 2 is 1.05 bits per heavy atom. The van der Waals surface area contributed by atoms with Crippen LogP contribution in [-0.2, 0) is 13.1 Å². The monoisotopic (exact) mass is 824 g/mol. The highest BCUT2D eigenvalue weighted by molar-refractivity contribution is 6.03. The first kappa shape index (κ1) is 43.2. The van der Waals surface area contributed by atoms with Crippen LogP contribution >= 0.6 is 0 Å². The lowest BCUT2D eigenvalue weighted by Crippen LogP contribution is -2.20. The number of fused-ring (bicyclic) bond motifs is 2. The van der Waals surface area contributed by atoms with Crippen molar-refractivity contribution in [3.05, 3.63) is 154 Å². The average molecular weight is 825 g/mol. The number of nitrogens with zero attached hydrogens (tertiary/aromatic N) is 6. The van der Waals surface area contributed by atoms with Crippen molar-refractivity contribution in [1.82, 2.24) is 40.0 Å². The molecule has 0 aliphatic heterocycles. The van der Waals surface area contributed by atoms with E-state index in [4.69, 9.17) is 10.8 Å². The van der Waals surface area contributed by atoms with Gasteiger partial charge in [0.25, 0.3) is 29.9 Å². The van der Waals surface area contributed by atoms with Gasteiger partial charge in [0.05, 0.1) is 22.2 Å². The fourth-order valence-corrected chi connectivity index (χ4v) is 5.81. The molecular weight excluding hydrogens is 789 g/mol. The summed E-state index contributed by atoms with van der Waals surface area (Å²) in [5, 5.41) is 34.3. The maximum absolute atomic E-state index is 12.6. The first-order valence-corrected chi connectivity index (χ1v) is 17.5. The maximum atomic E-state index is 12.6. The van der Waals surface area contributed by atoms with Crippen molar-refractivity contribution in [2.24, 2.45) is 0 Å². The van der Waals surface area contributed by atoms with E-state index in [2.05, 4.69) is 35.9 Å². The number of anilines is 2. The predicted octanol–water partition coefficient (Wildman–Crippen LogP) is 6.96. The molecule has 0 spiro atoms. The molecule has 0 aliphatic carbocycles. The summed E-state index contributed by atoms with van der Waals surface area (Å²) in [5.74, 6) is -1.79. The number of carbonyl (C=O) groups is 2. The Bertz CT molecular complexity index is 2840. The number of H-pyrrole nitrogens is 2. The smallest absolute Gasteiger partial charge is 0.354 e. The molecule has 0 aliphatic rings. The molecule has 4 heterocycles. The van der Waals surface area contributed by atoms with Crippen molar-refractivity contribution in [3.8, 4) is 22.5 Å². The molecule has 0 bridgehead atoms. The fraction of sp³-hybridized carbons (Fsp3) is 0.122. The number of amides is 1. The Morgan fingerprint density at radius 3 is 1.50 bits per heavy atom. The SMILES string of the molecule is C.Nc1ccc(-c2n[nH]c(=O)c3ccccc23)cc1.O=C(Nc1ccc(-c2n[nH]c(=O)c3ccccc23)cc1)c1ccnn1CC(F)F.O=C(O)c1ccnn1CC(F)F. The minimum Gasteiger partial charge on any atom is -0.477 e. The highest BCUT2D eigenvalue weighted by atomic mass is 19.3. The number of aromatic nitrogens is 8. The first-order valence-electron chi connectivity index (χ1n) is 17.5. The van der Waals surface area contributed by atoms with E-state index in [1.165, 1.54) is 24.5 Å². The summed E-state index contributed by atoms with van der Waals surface area (Å²) < 4.78 is 50.5. The molecular formula is C41H36F4N10O5. The number of carbonyl (C=O) groups excluding carboxylic acids is 1. The molecule has 0 fully saturated rings. The number of hydrogen-bond acceptors (Lipinski definition) is 9. The van der Waals surface area contributed by atoms with Crippen LogP contribution in [0.3, 0.4) is 0 Å². The minimum absolute atomic E-state index is 0. The Hall–Kier alpha value is -7.96. The Kier molecular flexibility index (Phi) is 14.0. The highest BCUT2D eigenvalue weighted by Gasteiger charge is 2.16. The molecule has 4 aromatic heterocycles. The standard InChI is InChI=1S/C20H15F2N5O2.C14H11N3O.C6H6F2N2O2.CH4/c21-17(22)11-27-16(9-10-23-27)20(29)24-13-7-5-12(6-8-13)18-14-3-1-2-4-15(14)19(28)26-25-18;15-10-7-5-9(6-8-10)13-11-3-1-2-4-12(11)14(18)17-16-13;7-5(8)3-10-4(6(11)12)1-2-9-10;/h1-10,17H,11H2,(H,24,29)(H,26,28);1-8H,15H2,(H,17,18);1-2,5H,3H2,(H,11,12);1H4. The van der Waals surface area contributed by atoms with Gasteiger partial charge in [0.2, 0.25) is 0 Å². The van der Waals surface area contributed by atoms with E-state index in [0.717, 1.165) is 31.6 Å². The summed E-state index contributed by atoms with van der Waals surface area (Å²) >= 11 is 0.